The first-order chi connectivity index (χ1) is 6.01. The Morgan fingerprint density at radius 2 is 2.31 bits per heavy atom. The van der Waals surface area contributed by atoms with Crippen molar-refractivity contribution < 1.29 is 8.42 Å². The molecule has 0 saturated carbocycles. The van der Waals surface area contributed by atoms with E-state index in [1.807, 2.05) is 0 Å². The van der Waals surface area contributed by atoms with Gasteiger partial charge in [0.25, 0.3) is 10.0 Å². The molecule has 0 atom stereocenters. The molecule has 0 spiro atoms. The van der Waals surface area contributed by atoms with Crippen molar-refractivity contribution in [3.05, 3.63) is 16.7 Å². The van der Waals surface area contributed by atoms with Gasteiger partial charge in [0.1, 0.15) is 4.90 Å². The first-order valence-electron chi connectivity index (χ1n) is 3.43. The number of fused-ring (bicyclic) bond motifs is 1. The minimum absolute atomic E-state index is 0.198. The largest absolute Gasteiger partial charge is 0.288 e. The van der Waals surface area contributed by atoms with Gasteiger partial charge < -0.3 is 0 Å². The first-order valence-corrected chi connectivity index (χ1v) is 5.66. The molecule has 0 fully saturated rings. The highest BCUT2D eigenvalue weighted by atomic mass is 79.9. The Balaban J connectivity index is 2.71. The molecule has 0 unspecified atom stereocenters. The number of sulfonamides is 1. The lowest BCUT2D eigenvalue weighted by Gasteiger charge is -2.05. The third-order valence-corrected chi connectivity index (χ3v) is 3.83. The Kier molecular flexibility index (Phi) is 1.83. The topological polar surface area (TPSA) is 62.3 Å². The maximum Gasteiger partial charge on any atom is 0.263 e. The van der Waals surface area contributed by atoms with Crippen LogP contribution in [-0.2, 0) is 10.0 Å². The van der Waals surface area contributed by atoms with Gasteiger partial charge >= 0.3 is 0 Å². The molecule has 1 aliphatic rings. The molecule has 70 valence electrons. The normalized spacial score (nSPS) is 19.5. The van der Waals surface area contributed by atoms with Crippen molar-refractivity contribution in [2.24, 2.45) is 0 Å². The molecule has 2 heterocycles. The Morgan fingerprint density at radius 3 is 3.00 bits per heavy atom. The van der Waals surface area contributed by atoms with Gasteiger partial charge in [-0.3, -0.25) is 5.43 Å². The summed E-state index contributed by atoms with van der Waals surface area (Å²) in [5, 5.41) is 0. The summed E-state index contributed by atoms with van der Waals surface area (Å²) in [6.07, 6.45) is 1.54. The van der Waals surface area contributed by atoms with Crippen LogP contribution in [0.1, 0.15) is 0 Å². The maximum absolute atomic E-state index is 11.5. The number of hydrazine groups is 1. The Morgan fingerprint density at radius 1 is 1.62 bits per heavy atom. The zero-order chi connectivity index (χ0) is 9.64. The summed E-state index contributed by atoms with van der Waals surface area (Å²) in [6.45, 7) is 0. The van der Waals surface area contributed by atoms with E-state index in [9.17, 15) is 8.42 Å². The lowest BCUT2D eigenvalue weighted by atomic mass is 10.5. The van der Waals surface area contributed by atoms with Gasteiger partial charge in [-0.25, -0.2) is 13.4 Å². The second kappa shape index (κ2) is 2.66. The van der Waals surface area contributed by atoms with E-state index in [-0.39, 0.29) is 4.90 Å². The number of nitrogens with zero attached hydrogens (tertiary/aromatic N) is 2. The third-order valence-electron chi connectivity index (χ3n) is 1.72. The van der Waals surface area contributed by atoms with E-state index in [4.69, 9.17) is 0 Å². The van der Waals surface area contributed by atoms with Gasteiger partial charge in [-0.05, 0) is 22.0 Å². The Labute approximate surface area is 83.9 Å². The summed E-state index contributed by atoms with van der Waals surface area (Å²) >= 11 is 3.16. The zero-order valence-corrected chi connectivity index (χ0v) is 9.05. The molecule has 2 rings (SSSR count). The van der Waals surface area contributed by atoms with Gasteiger partial charge in [0.15, 0.2) is 5.82 Å². The number of pyridine rings is 1. The summed E-state index contributed by atoms with van der Waals surface area (Å²) in [5.74, 6) is 0.366. The maximum atomic E-state index is 11.5. The van der Waals surface area contributed by atoms with Crippen LogP contribution in [0.25, 0.3) is 0 Å². The molecule has 1 aromatic rings. The highest BCUT2D eigenvalue weighted by Gasteiger charge is 2.32. The summed E-state index contributed by atoms with van der Waals surface area (Å²) < 4.78 is 24.8. The zero-order valence-electron chi connectivity index (χ0n) is 6.65. The number of rotatable bonds is 0. The third kappa shape index (κ3) is 1.23. The predicted octanol–water partition coefficient (Wildman–Crippen LogP) is 0.805. The summed E-state index contributed by atoms with van der Waals surface area (Å²) in [7, 11) is -1.94. The van der Waals surface area contributed by atoms with Crippen molar-refractivity contribution in [3.63, 3.8) is 0 Å². The summed E-state index contributed by atoms with van der Waals surface area (Å²) in [4.78, 5) is 4.12. The number of hydrogen-bond donors (Lipinski definition) is 1. The molecule has 1 aromatic heterocycles. The molecule has 1 aliphatic heterocycles. The molecule has 0 aliphatic carbocycles. The van der Waals surface area contributed by atoms with E-state index in [2.05, 4.69) is 26.3 Å². The molecular weight excluding hydrogens is 258 g/mol. The van der Waals surface area contributed by atoms with Crippen LogP contribution >= 0.6 is 15.9 Å². The second-order valence-electron chi connectivity index (χ2n) is 2.58. The second-order valence-corrected chi connectivity index (χ2v) is 5.44. The molecular formula is C6H6BrN3O2S. The number of nitrogens with one attached hydrogen (secondary N) is 1. The fourth-order valence-electron chi connectivity index (χ4n) is 1.06. The fourth-order valence-corrected chi connectivity index (χ4v) is 2.66. The van der Waals surface area contributed by atoms with E-state index in [1.165, 1.54) is 13.1 Å². The minimum Gasteiger partial charge on any atom is -0.288 e. The quantitative estimate of drug-likeness (QED) is 0.753. The summed E-state index contributed by atoms with van der Waals surface area (Å²) in [6, 6.07) is 1.52. The molecule has 5 nitrogen and oxygen atoms in total. The van der Waals surface area contributed by atoms with Gasteiger partial charge in [0.05, 0.1) is 0 Å². The van der Waals surface area contributed by atoms with Crippen LogP contribution in [0.4, 0.5) is 5.82 Å². The van der Waals surface area contributed by atoms with Crippen LogP contribution in [-0.4, -0.2) is 24.9 Å². The standard InChI is InChI=1S/C6H6BrN3O2S/c1-10-9-6-5(13(10,11)12)2-4(7)3-8-6/h2-3H,1H3,(H,8,9). The van der Waals surface area contributed by atoms with Crippen LogP contribution in [0.15, 0.2) is 21.6 Å². The molecule has 1 N–H and O–H groups in total. The smallest absolute Gasteiger partial charge is 0.263 e. The van der Waals surface area contributed by atoms with Crippen LogP contribution in [0.3, 0.4) is 0 Å². The molecule has 13 heavy (non-hydrogen) atoms. The average Bonchev–Trinajstić information content (AvgIpc) is 2.27. The van der Waals surface area contributed by atoms with Gasteiger partial charge in [0, 0.05) is 17.7 Å². The van der Waals surface area contributed by atoms with Crippen molar-refractivity contribution >= 4 is 31.8 Å². The average molecular weight is 264 g/mol. The van der Waals surface area contributed by atoms with E-state index < -0.39 is 10.0 Å². The lowest BCUT2D eigenvalue weighted by molar-refractivity contribution is 0.529. The Bertz CT molecular complexity index is 459. The van der Waals surface area contributed by atoms with Gasteiger partial charge in [0.2, 0.25) is 0 Å². The van der Waals surface area contributed by atoms with E-state index in [0.717, 1.165) is 4.41 Å². The fraction of sp³-hybridized carbons (Fsp3) is 0.167. The van der Waals surface area contributed by atoms with E-state index in [0.29, 0.717) is 10.3 Å². The monoisotopic (exact) mass is 263 g/mol. The van der Waals surface area contributed by atoms with Crippen LogP contribution in [0, 0.1) is 0 Å². The van der Waals surface area contributed by atoms with Crippen molar-refractivity contribution in [2.45, 2.75) is 4.90 Å². The highest BCUT2D eigenvalue weighted by molar-refractivity contribution is 9.10. The number of halogens is 1. The number of aromatic nitrogens is 1. The Hall–Kier alpha value is -0.660. The van der Waals surface area contributed by atoms with Crippen LogP contribution < -0.4 is 5.43 Å². The van der Waals surface area contributed by atoms with Crippen LogP contribution in [0.5, 0.6) is 0 Å². The van der Waals surface area contributed by atoms with Crippen molar-refractivity contribution in [3.8, 4) is 0 Å². The van der Waals surface area contributed by atoms with Gasteiger partial charge in [-0.2, -0.15) is 0 Å². The minimum atomic E-state index is -3.38. The van der Waals surface area contributed by atoms with Gasteiger partial charge in [-0.15, -0.1) is 4.41 Å². The molecule has 0 saturated heterocycles. The number of hydrogen-bond acceptors (Lipinski definition) is 4. The van der Waals surface area contributed by atoms with E-state index >= 15 is 0 Å². The molecule has 0 bridgehead atoms. The molecule has 0 amide bonds. The molecule has 7 heteroatoms. The highest BCUT2D eigenvalue weighted by Crippen LogP contribution is 2.30. The summed E-state index contributed by atoms with van der Waals surface area (Å²) in [5.41, 5.74) is 2.63. The first kappa shape index (κ1) is 8.92. The van der Waals surface area contributed by atoms with Crippen molar-refractivity contribution in [1.82, 2.24) is 9.40 Å². The lowest BCUT2D eigenvalue weighted by Crippen LogP contribution is -2.24. The predicted molar refractivity (Wildman–Crippen MR) is 50.5 cm³/mol. The molecule has 0 aromatic carbocycles. The van der Waals surface area contributed by atoms with E-state index in [1.54, 1.807) is 6.20 Å². The van der Waals surface area contributed by atoms with Gasteiger partial charge in [-0.1, -0.05) is 0 Å². The van der Waals surface area contributed by atoms with Crippen molar-refractivity contribution in [2.75, 3.05) is 12.5 Å². The van der Waals surface area contributed by atoms with Crippen molar-refractivity contribution in [1.29, 1.82) is 0 Å². The SMILES string of the molecule is CN1Nc2ncc(Br)cc2S1(=O)=O. The number of anilines is 1. The van der Waals surface area contributed by atoms with Crippen LogP contribution in [0.2, 0.25) is 0 Å². The molecule has 0 radical (unpaired) electrons.